The van der Waals surface area contributed by atoms with Crippen molar-refractivity contribution in [2.45, 2.75) is 0 Å². The minimum absolute atomic E-state index is 0. The Morgan fingerprint density at radius 2 is 1.40 bits per heavy atom. The molecule has 0 unspecified atom stereocenters. The molecule has 0 aromatic heterocycles. The zero-order chi connectivity index (χ0) is 3.58. The molecule has 0 aliphatic carbocycles. The maximum absolute atomic E-state index is 8.52. The average molecular weight is 107 g/mol. The van der Waals surface area contributed by atoms with Crippen LogP contribution < -0.4 is 38.9 Å². The summed E-state index contributed by atoms with van der Waals surface area (Å²) >= 11 is 0. The largest absolute Gasteiger partial charge is 1.00 e. The van der Waals surface area contributed by atoms with Gasteiger partial charge in [-0.2, -0.15) is 0 Å². The molecular formula is HClNaO3+. The van der Waals surface area contributed by atoms with E-state index in [1.807, 2.05) is 0 Å². The van der Waals surface area contributed by atoms with E-state index in [0.29, 0.717) is 0 Å². The quantitative estimate of drug-likeness (QED) is 0.314. The summed E-state index contributed by atoms with van der Waals surface area (Å²) in [6, 6.07) is 0. The maximum Gasteiger partial charge on any atom is 1.00 e. The topological polar surface area (TPSA) is 66.3 Å². The zero-order valence-corrected chi connectivity index (χ0v) is 5.40. The fourth-order valence-electron chi connectivity index (χ4n) is 0. The van der Waals surface area contributed by atoms with Crippen LogP contribution in [0.25, 0.3) is 0 Å². The molecule has 0 heterocycles. The van der Waals surface area contributed by atoms with Crippen LogP contribution in [-0.2, 0) is 0 Å². The normalized spacial score (nSPS) is 7.20. The van der Waals surface area contributed by atoms with E-state index in [9.17, 15) is 0 Å². The Hall–Kier alpha value is 1.17. The van der Waals surface area contributed by atoms with Crippen molar-refractivity contribution in [2.24, 2.45) is 0 Å². The van der Waals surface area contributed by atoms with Crippen LogP contribution in [0.5, 0.6) is 0 Å². The molecule has 0 rings (SSSR count). The fraction of sp³-hybridized carbons (Fsp3) is 0. The van der Waals surface area contributed by atoms with E-state index in [2.05, 4.69) is 0 Å². The van der Waals surface area contributed by atoms with Crippen molar-refractivity contribution >= 4 is 0 Å². The third-order valence-electron chi connectivity index (χ3n) is 0. The van der Waals surface area contributed by atoms with Gasteiger partial charge in [0.1, 0.15) is 0 Å². The maximum atomic E-state index is 8.52. The average Bonchev–Trinajstić information content (AvgIpc) is 0.811. The molecule has 0 bridgehead atoms. The number of hydrogen-bond acceptors (Lipinski definition) is 3. The van der Waals surface area contributed by atoms with E-state index in [1.165, 1.54) is 0 Å². The van der Waals surface area contributed by atoms with Gasteiger partial charge in [0.25, 0.3) is 10.8 Å². The van der Waals surface area contributed by atoms with Gasteiger partial charge in [0.15, 0.2) is 0 Å². The van der Waals surface area contributed by atoms with E-state index in [4.69, 9.17) is 14.0 Å². The number of halogens is 1. The summed E-state index contributed by atoms with van der Waals surface area (Å²) in [5.41, 5.74) is 0. The molecule has 0 fully saturated rings. The fourth-order valence-corrected chi connectivity index (χ4v) is 0. The first kappa shape index (κ1) is 9.48. The van der Waals surface area contributed by atoms with Gasteiger partial charge in [-0.1, -0.05) is 0 Å². The molecule has 26 valence electrons. The van der Waals surface area contributed by atoms with Crippen molar-refractivity contribution in [2.75, 3.05) is 0 Å². The molecule has 0 aliphatic heterocycles. The monoisotopic (exact) mass is 107 g/mol. The molecule has 0 amide bonds. The summed E-state index contributed by atoms with van der Waals surface area (Å²) in [6.45, 7) is 0. The summed E-state index contributed by atoms with van der Waals surface area (Å²) in [6.07, 6.45) is 0. The first-order chi connectivity index (χ1) is 1.73. The van der Waals surface area contributed by atoms with E-state index in [1.54, 1.807) is 0 Å². The Labute approximate surface area is 54.3 Å². The van der Waals surface area contributed by atoms with Gasteiger partial charge in [0.05, 0.1) is 0 Å². The molecule has 3 nitrogen and oxygen atoms in total. The van der Waals surface area contributed by atoms with Gasteiger partial charge in [-0.25, -0.2) is 0 Å². The van der Waals surface area contributed by atoms with Crippen LogP contribution in [0.4, 0.5) is 0 Å². The summed E-state index contributed by atoms with van der Waals surface area (Å²) in [5.74, 6) is 0. The van der Waals surface area contributed by atoms with Crippen molar-refractivity contribution < 1.29 is 54.3 Å². The molecule has 0 radical (unpaired) electrons. The first-order valence-corrected chi connectivity index (χ1v) is 1.43. The van der Waals surface area contributed by atoms with E-state index in [-0.39, 0.29) is 29.6 Å². The molecule has 0 aromatic carbocycles. The third kappa shape index (κ3) is 38.0. The molecule has 0 saturated carbocycles. The van der Waals surface area contributed by atoms with Crippen molar-refractivity contribution in [1.82, 2.24) is 0 Å². The Morgan fingerprint density at radius 3 is 1.40 bits per heavy atom. The third-order valence-corrected chi connectivity index (χ3v) is 0. The Kier molecular flexibility index (Phi) is 9.81. The van der Waals surface area contributed by atoms with Crippen LogP contribution in [-0.4, -0.2) is 4.66 Å². The predicted molar refractivity (Wildman–Crippen MR) is 2.22 cm³/mol. The smallest absolute Gasteiger partial charge is 0.321 e. The van der Waals surface area contributed by atoms with Gasteiger partial charge in [-0.3, -0.25) is 0 Å². The molecule has 0 saturated heterocycles. The van der Waals surface area contributed by atoms with Crippen LogP contribution in [0.3, 0.4) is 0 Å². The standard InChI is InChI=1S/ClHO3.Na/c2-1(3)4;/h2H;/q;+1. The minimum atomic E-state index is -2.60. The van der Waals surface area contributed by atoms with Crippen LogP contribution in [0, 0.1) is 10.8 Å². The van der Waals surface area contributed by atoms with Gasteiger partial charge in [-0.15, -0.1) is 0 Å². The van der Waals surface area contributed by atoms with Crippen molar-refractivity contribution in [1.29, 1.82) is 0 Å². The SMILES string of the molecule is [Na+].[O-][Cl+2]([O-])O. The summed E-state index contributed by atoms with van der Waals surface area (Å²) in [7, 11) is -2.60. The minimum Gasteiger partial charge on any atom is -0.321 e. The second-order valence-electron chi connectivity index (χ2n) is 0.201. The summed E-state index contributed by atoms with van der Waals surface area (Å²) < 4.78 is 24.0. The van der Waals surface area contributed by atoms with Crippen LogP contribution in [0.2, 0.25) is 0 Å². The van der Waals surface area contributed by atoms with E-state index >= 15 is 0 Å². The molecule has 0 aliphatic rings. The van der Waals surface area contributed by atoms with Crippen LogP contribution in [0.1, 0.15) is 0 Å². The summed E-state index contributed by atoms with van der Waals surface area (Å²) in [5, 5.41) is 0. The van der Waals surface area contributed by atoms with Crippen molar-refractivity contribution in [3.63, 3.8) is 0 Å². The Bertz CT molecular complexity index is 11.6. The number of hydrogen-bond donors (Lipinski definition) is 1. The predicted octanol–water partition coefficient (Wildman–Crippen LogP) is -5.93. The van der Waals surface area contributed by atoms with Gasteiger partial charge in [0, 0.05) is 4.66 Å². The van der Waals surface area contributed by atoms with Gasteiger partial charge in [0.2, 0.25) is 0 Å². The first-order valence-electron chi connectivity index (χ1n) is 0.478. The van der Waals surface area contributed by atoms with E-state index < -0.39 is 10.8 Å². The van der Waals surface area contributed by atoms with Crippen molar-refractivity contribution in [3.8, 4) is 0 Å². The van der Waals surface area contributed by atoms with Crippen LogP contribution >= 0.6 is 0 Å². The molecule has 0 spiro atoms. The van der Waals surface area contributed by atoms with Crippen molar-refractivity contribution in [3.05, 3.63) is 0 Å². The zero-order valence-electron chi connectivity index (χ0n) is 2.64. The second-order valence-corrected chi connectivity index (χ2v) is 0.603. The molecular weight excluding hydrogens is 106 g/mol. The molecule has 5 heteroatoms. The molecule has 1 N–H and O–H groups in total. The Balaban J connectivity index is 0. The van der Waals surface area contributed by atoms with E-state index in [0.717, 1.165) is 0 Å². The molecule has 0 aromatic rings. The van der Waals surface area contributed by atoms with Gasteiger partial charge in [-0.05, 0) is 0 Å². The molecule has 0 atom stereocenters. The van der Waals surface area contributed by atoms with Gasteiger partial charge < -0.3 is 9.32 Å². The van der Waals surface area contributed by atoms with Crippen LogP contribution in [0.15, 0.2) is 0 Å². The Morgan fingerprint density at radius 1 is 1.40 bits per heavy atom. The molecule has 5 heavy (non-hydrogen) atoms. The summed E-state index contributed by atoms with van der Waals surface area (Å²) in [4.78, 5) is 0. The number of rotatable bonds is 0. The van der Waals surface area contributed by atoms with Gasteiger partial charge >= 0.3 is 29.6 Å². The second kappa shape index (κ2) is 5.17.